The Balaban J connectivity index is 1.53. The number of carbonyl (C=O) groups excluding carboxylic acids is 3. The summed E-state index contributed by atoms with van der Waals surface area (Å²) in [6.07, 6.45) is 0. The molecule has 0 atom stereocenters. The highest BCUT2D eigenvalue weighted by Gasteiger charge is 2.34. The summed E-state index contributed by atoms with van der Waals surface area (Å²) in [5, 5.41) is 1.76. The van der Waals surface area contributed by atoms with Crippen molar-refractivity contribution < 1.29 is 14.4 Å². The Morgan fingerprint density at radius 2 is 1.06 bits per heavy atom. The topological polar surface area (TPSA) is 103 Å². The van der Waals surface area contributed by atoms with Crippen molar-refractivity contribution in [2.45, 2.75) is 0 Å². The van der Waals surface area contributed by atoms with Gasteiger partial charge in [-0.3, -0.25) is 14.4 Å². The number of anilines is 2. The van der Waals surface area contributed by atoms with Crippen LogP contribution in [0.15, 0.2) is 84.9 Å². The van der Waals surface area contributed by atoms with E-state index in [0.29, 0.717) is 27.8 Å². The second-order valence-corrected chi connectivity index (χ2v) is 9.18. The molecular formula is C31H18N2O3. The average Bonchev–Trinajstić information content (AvgIpc) is 2.91. The van der Waals surface area contributed by atoms with E-state index in [1.165, 1.54) is 0 Å². The number of rotatable bonds is 1. The van der Waals surface area contributed by atoms with Gasteiger partial charge < -0.3 is 11.5 Å². The zero-order chi connectivity index (χ0) is 24.7. The van der Waals surface area contributed by atoms with Gasteiger partial charge in [0.05, 0.1) is 16.8 Å². The predicted molar refractivity (Wildman–Crippen MR) is 140 cm³/mol. The molecule has 5 heteroatoms. The molecule has 7 rings (SSSR count). The van der Waals surface area contributed by atoms with Crippen LogP contribution in [-0.4, -0.2) is 17.3 Å². The van der Waals surface area contributed by atoms with E-state index in [4.69, 9.17) is 11.5 Å². The first-order valence-electron chi connectivity index (χ1n) is 11.6. The zero-order valence-corrected chi connectivity index (χ0v) is 19.0. The van der Waals surface area contributed by atoms with E-state index < -0.39 is 0 Å². The van der Waals surface area contributed by atoms with Gasteiger partial charge in [-0.25, -0.2) is 0 Å². The van der Waals surface area contributed by atoms with Crippen LogP contribution in [-0.2, 0) is 0 Å². The highest BCUT2D eigenvalue weighted by Crippen LogP contribution is 2.45. The van der Waals surface area contributed by atoms with Crippen molar-refractivity contribution in [3.8, 4) is 22.3 Å². The van der Waals surface area contributed by atoms with Crippen molar-refractivity contribution >= 4 is 39.5 Å². The third-order valence-electron chi connectivity index (χ3n) is 7.26. The molecule has 0 aromatic heterocycles. The molecule has 5 nitrogen and oxygen atoms in total. The predicted octanol–water partition coefficient (Wildman–Crippen LogP) is 5.66. The summed E-state index contributed by atoms with van der Waals surface area (Å²) in [5.74, 6) is -0.620. The van der Waals surface area contributed by atoms with Crippen LogP contribution in [0, 0.1) is 0 Å². The molecule has 0 spiro atoms. The van der Waals surface area contributed by atoms with Gasteiger partial charge in [-0.2, -0.15) is 0 Å². The molecule has 2 aliphatic carbocycles. The molecule has 5 aromatic carbocycles. The largest absolute Gasteiger partial charge is 0.398 e. The minimum Gasteiger partial charge on any atom is -0.398 e. The Morgan fingerprint density at radius 1 is 0.472 bits per heavy atom. The molecule has 0 heterocycles. The van der Waals surface area contributed by atoms with Gasteiger partial charge in [0.15, 0.2) is 17.3 Å². The molecule has 0 saturated heterocycles. The molecule has 0 amide bonds. The molecule has 5 aromatic rings. The number of ketones is 3. The Bertz CT molecular complexity index is 1870. The molecule has 2 aliphatic rings. The Hall–Kier alpha value is -5.03. The van der Waals surface area contributed by atoms with Crippen LogP contribution in [0.4, 0.5) is 11.4 Å². The van der Waals surface area contributed by atoms with Gasteiger partial charge in [0.1, 0.15) is 0 Å². The van der Waals surface area contributed by atoms with Crippen molar-refractivity contribution in [3.63, 3.8) is 0 Å². The van der Waals surface area contributed by atoms with Gasteiger partial charge >= 0.3 is 0 Å². The van der Waals surface area contributed by atoms with E-state index in [9.17, 15) is 14.4 Å². The summed E-state index contributed by atoms with van der Waals surface area (Å²) in [5.41, 5.74) is 18.8. The fraction of sp³-hybridized carbons (Fsp3) is 0. The monoisotopic (exact) mass is 466 g/mol. The minimum absolute atomic E-state index is 0.00300. The molecular weight excluding hydrogens is 448 g/mol. The average molecular weight is 466 g/mol. The normalized spacial score (nSPS) is 13.4. The summed E-state index contributed by atoms with van der Waals surface area (Å²) < 4.78 is 0. The second kappa shape index (κ2) is 6.99. The highest BCUT2D eigenvalue weighted by atomic mass is 16.1. The summed E-state index contributed by atoms with van der Waals surface area (Å²) >= 11 is 0. The van der Waals surface area contributed by atoms with Gasteiger partial charge in [0.25, 0.3) is 0 Å². The molecule has 0 saturated carbocycles. The molecule has 0 fully saturated rings. The molecule has 170 valence electrons. The van der Waals surface area contributed by atoms with Crippen LogP contribution >= 0.6 is 0 Å². The van der Waals surface area contributed by atoms with Gasteiger partial charge in [0, 0.05) is 38.9 Å². The minimum atomic E-state index is -0.313. The van der Waals surface area contributed by atoms with Crippen molar-refractivity contribution in [1.29, 1.82) is 0 Å². The van der Waals surface area contributed by atoms with Crippen LogP contribution in [0.3, 0.4) is 0 Å². The molecule has 0 radical (unpaired) electrons. The lowest BCUT2D eigenvalue weighted by atomic mass is 9.79. The Labute approximate surface area is 206 Å². The van der Waals surface area contributed by atoms with Crippen molar-refractivity contribution in [3.05, 3.63) is 118 Å². The van der Waals surface area contributed by atoms with Gasteiger partial charge in [-0.05, 0) is 40.3 Å². The zero-order valence-electron chi connectivity index (χ0n) is 19.0. The third kappa shape index (κ3) is 2.51. The van der Waals surface area contributed by atoms with Crippen LogP contribution in [0.1, 0.15) is 47.8 Å². The van der Waals surface area contributed by atoms with Crippen molar-refractivity contribution in [1.82, 2.24) is 0 Å². The number of hydrogen-bond acceptors (Lipinski definition) is 5. The summed E-state index contributed by atoms with van der Waals surface area (Å²) in [7, 11) is 0. The standard InChI is InChI=1S/C31H18N2O3/c32-24-14-22(28(33)27-26(24)30(35)19-9-3-4-10-20(19)31(27)36)16-12-15-6-5-11-21-25(15)23(13-16)17-7-1-2-8-18(17)29(21)34/h1-14H,32-33H2. The summed E-state index contributed by atoms with van der Waals surface area (Å²) in [4.78, 5) is 39.9. The first-order valence-corrected chi connectivity index (χ1v) is 11.6. The maximum Gasteiger partial charge on any atom is 0.196 e. The smallest absolute Gasteiger partial charge is 0.196 e. The number of carbonyl (C=O) groups is 3. The lowest BCUT2D eigenvalue weighted by molar-refractivity contribution is 0.0980. The van der Waals surface area contributed by atoms with Gasteiger partial charge in [-0.1, -0.05) is 66.7 Å². The van der Waals surface area contributed by atoms with Crippen LogP contribution in [0.2, 0.25) is 0 Å². The lowest BCUT2D eigenvalue weighted by Gasteiger charge is -2.24. The fourth-order valence-electron chi connectivity index (χ4n) is 5.63. The fourth-order valence-corrected chi connectivity index (χ4v) is 5.63. The Kier molecular flexibility index (Phi) is 3.95. The number of nitrogen functional groups attached to an aromatic ring is 2. The maximum absolute atomic E-state index is 13.5. The third-order valence-corrected chi connectivity index (χ3v) is 7.26. The van der Waals surface area contributed by atoms with E-state index in [0.717, 1.165) is 27.5 Å². The first-order chi connectivity index (χ1) is 17.5. The Morgan fingerprint density at radius 3 is 1.75 bits per heavy atom. The summed E-state index contributed by atoms with van der Waals surface area (Å²) in [6.45, 7) is 0. The van der Waals surface area contributed by atoms with E-state index >= 15 is 0 Å². The second-order valence-electron chi connectivity index (χ2n) is 9.18. The number of nitrogens with two attached hydrogens (primary N) is 2. The molecule has 0 bridgehead atoms. The molecule has 4 N–H and O–H groups in total. The first kappa shape index (κ1) is 20.4. The van der Waals surface area contributed by atoms with Crippen LogP contribution in [0.5, 0.6) is 0 Å². The van der Waals surface area contributed by atoms with Crippen LogP contribution in [0.25, 0.3) is 33.0 Å². The molecule has 36 heavy (non-hydrogen) atoms. The van der Waals surface area contributed by atoms with Crippen molar-refractivity contribution in [2.75, 3.05) is 11.5 Å². The van der Waals surface area contributed by atoms with E-state index in [1.54, 1.807) is 30.3 Å². The summed E-state index contributed by atoms with van der Waals surface area (Å²) in [6, 6.07) is 25.5. The van der Waals surface area contributed by atoms with Gasteiger partial charge in [0.2, 0.25) is 0 Å². The van der Waals surface area contributed by atoms with E-state index in [2.05, 4.69) is 0 Å². The van der Waals surface area contributed by atoms with E-state index in [1.807, 2.05) is 54.6 Å². The van der Waals surface area contributed by atoms with E-state index in [-0.39, 0.29) is 39.9 Å². The molecule has 0 aliphatic heterocycles. The highest BCUT2D eigenvalue weighted by molar-refractivity contribution is 6.32. The number of benzene rings is 5. The SMILES string of the molecule is Nc1cc(-c2cc3c4c(cccc4c2)C(=O)c2ccccc2-3)c(N)c2c1C(=O)c1ccccc1C2=O. The maximum atomic E-state index is 13.5. The van der Waals surface area contributed by atoms with Crippen LogP contribution < -0.4 is 11.5 Å². The quantitative estimate of drug-likeness (QED) is 0.304. The number of hydrogen-bond donors (Lipinski definition) is 2. The number of fused-ring (bicyclic) bond motifs is 4. The molecule has 0 unspecified atom stereocenters. The van der Waals surface area contributed by atoms with Gasteiger partial charge in [-0.15, -0.1) is 0 Å². The lowest BCUT2D eigenvalue weighted by Crippen LogP contribution is -2.24. The van der Waals surface area contributed by atoms with Crippen molar-refractivity contribution in [2.24, 2.45) is 0 Å².